The van der Waals surface area contributed by atoms with Crippen molar-refractivity contribution in [1.29, 1.82) is 5.26 Å². The molecule has 0 aliphatic heterocycles. The number of rotatable bonds is 2. The number of nitrogens with zero attached hydrogens (tertiary/aromatic N) is 1. The molecule has 0 aliphatic carbocycles. The molecule has 1 rings (SSSR count). The van der Waals surface area contributed by atoms with Crippen LogP contribution < -0.4 is 0 Å². The zero-order valence-electron chi connectivity index (χ0n) is 12.1. The van der Waals surface area contributed by atoms with Crippen molar-refractivity contribution in [2.75, 3.05) is 7.11 Å². The van der Waals surface area contributed by atoms with Gasteiger partial charge in [0.05, 0.1) is 18.7 Å². The van der Waals surface area contributed by atoms with E-state index in [9.17, 15) is 10.1 Å². The highest BCUT2D eigenvalue weighted by Gasteiger charge is 2.20. The number of nitriles is 1. The van der Waals surface area contributed by atoms with Gasteiger partial charge in [-0.2, -0.15) is 5.26 Å². The van der Waals surface area contributed by atoms with E-state index in [1.165, 1.54) is 7.11 Å². The number of methoxy groups -OCH3 is 1. The Hall–Kier alpha value is -2.08. The van der Waals surface area contributed by atoms with Crippen molar-refractivity contribution in [1.82, 2.24) is 0 Å². The first kappa shape index (κ1) is 15.0. The van der Waals surface area contributed by atoms with E-state index in [0.717, 1.165) is 16.7 Å². The van der Waals surface area contributed by atoms with Crippen LogP contribution in [0.25, 0.3) is 5.57 Å². The second-order valence-electron chi connectivity index (χ2n) is 5.43. The normalized spacial score (nSPS) is 12.4. The van der Waals surface area contributed by atoms with Crippen molar-refractivity contribution in [2.45, 2.75) is 27.7 Å². The molecule has 1 aromatic rings. The fourth-order valence-electron chi connectivity index (χ4n) is 1.93. The number of allylic oxidation sites excluding steroid dienone is 2. The zero-order chi connectivity index (χ0) is 14.6. The maximum atomic E-state index is 11.4. The van der Waals surface area contributed by atoms with Gasteiger partial charge in [0.25, 0.3) is 0 Å². The summed E-state index contributed by atoms with van der Waals surface area (Å²) in [6.45, 7) is 7.96. The molecule has 19 heavy (non-hydrogen) atoms. The summed E-state index contributed by atoms with van der Waals surface area (Å²) in [5.41, 5.74) is 2.94. The molecule has 100 valence electrons. The molecule has 0 saturated heterocycles. The van der Waals surface area contributed by atoms with Crippen LogP contribution in [0.5, 0.6) is 0 Å². The van der Waals surface area contributed by atoms with Crippen LogP contribution in [0.3, 0.4) is 0 Å². The molecule has 0 fully saturated rings. The number of esters is 1. The second-order valence-corrected chi connectivity index (χ2v) is 5.43. The molecule has 0 radical (unpaired) electrons. The predicted molar refractivity (Wildman–Crippen MR) is 75.4 cm³/mol. The summed E-state index contributed by atoms with van der Waals surface area (Å²) in [5.74, 6) is -0.357. The summed E-state index contributed by atoms with van der Waals surface area (Å²) in [5, 5.41) is 9.29. The van der Waals surface area contributed by atoms with Crippen LogP contribution in [-0.4, -0.2) is 13.1 Å². The van der Waals surface area contributed by atoms with E-state index in [0.29, 0.717) is 5.56 Å². The van der Waals surface area contributed by atoms with Gasteiger partial charge in [-0.25, -0.2) is 4.79 Å². The Balaban J connectivity index is 3.21. The summed E-state index contributed by atoms with van der Waals surface area (Å²) in [4.78, 5) is 11.4. The molecule has 0 amide bonds. The Morgan fingerprint density at radius 1 is 1.16 bits per heavy atom. The Morgan fingerprint density at radius 2 is 1.63 bits per heavy atom. The average molecular weight is 257 g/mol. The SMILES string of the molecule is COC(=O)c1ccc(/C(C)=C(/C#N)C(C)(C)C)cc1. The van der Waals surface area contributed by atoms with E-state index < -0.39 is 0 Å². The number of hydrogen-bond donors (Lipinski definition) is 0. The summed E-state index contributed by atoms with van der Waals surface area (Å²) in [6, 6.07) is 9.37. The van der Waals surface area contributed by atoms with Crippen molar-refractivity contribution in [3.63, 3.8) is 0 Å². The number of carbonyl (C=O) groups is 1. The first-order valence-corrected chi connectivity index (χ1v) is 6.11. The van der Waals surface area contributed by atoms with E-state index in [-0.39, 0.29) is 11.4 Å². The predicted octanol–water partition coefficient (Wildman–Crippen LogP) is 3.82. The van der Waals surface area contributed by atoms with E-state index >= 15 is 0 Å². The first-order valence-electron chi connectivity index (χ1n) is 6.11. The van der Waals surface area contributed by atoms with Crippen LogP contribution >= 0.6 is 0 Å². The standard InChI is InChI=1S/C16H19NO2/c1-11(14(10-17)16(2,3)4)12-6-8-13(9-7-12)15(18)19-5/h6-9H,1-5H3/b14-11-. The summed E-state index contributed by atoms with van der Waals surface area (Å²) in [7, 11) is 1.36. The monoisotopic (exact) mass is 257 g/mol. The van der Waals surface area contributed by atoms with Gasteiger partial charge in [0, 0.05) is 5.57 Å². The molecule has 0 heterocycles. The van der Waals surface area contributed by atoms with Gasteiger partial charge >= 0.3 is 5.97 Å². The maximum Gasteiger partial charge on any atom is 0.337 e. The highest BCUT2D eigenvalue weighted by Crippen LogP contribution is 2.31. The van der Waals surface area contributed by atoms with Crippen molar-refractivity contribution < 1.29 is 9.53 Å². The Bertz CT molecular complexity index is 540. The second kappa shape index (κ2) is 5.71. The molecular formula is C16H19NO2. The molecule has 3 nitrogen and oxygen atoms in total. The van der Waals surface area contributed by atoms with E-state index in [2.05, 4.69) is 10.8 Å². The van der Waals surface area contributed by atoms with Crippen molar-refractivity contribution in [2.24, 2.45) is 5.41 Å². The Kier molecular flexibility index (Phi) is 4.50. The van der Waals surface area contributed by atoms with Gasteiger partial charge in [0.1, 0.15) is 0 Å². The van der Waals surface area contributed by atoms with Crippen molar-refractivity contribution in [3.8, 4) is 6.07 Å². The highest BCUT2D eigenvalue weighted by molar-refractivity contribution is 5.89. The fourth-order valence-corrected chi connectivity index (χ4v) is 1.93. The molecular weight excluding hydrogens is 238 g/mol. The third-order valence-electron chi connectivity index (χ3n) is 2.98. The Morgan fingerprint density at radius 3 is 2.00 bits per heavy atom. The molecule has 0 N–H and O–H groups in total. The van der Waals surface area contributed by atoms with Crippen LogP contribution in [0.1, 0.15) is 43.6 Å². The number of carbonyl (C=O) groups excluding carboxylic acids is 1. The van der Waals surface area contributed by atoms with Gasteiger partial charge in [-0.1, -0.05) is 32.9 Å². The molecule has 0 bridgehead atoms. The lowest BCUT2D eigenvalue weighted by Gasteiger charge is -2.20. The smallest absolute Gasteiger partial charge is 0.337 e. The minimum Gasteiger partial charge on any atom is -0.465 e. The van der Waals surface area contributed by atoms with Crippen LogP contribution in [0.4, 0.5) is 0 Å². The maximum absolute atomic E-state index is 11.4. The average Bonchev–Trinajstić information content (AvgIpc) is 2.37. The van der Waals surface area contributed by atoms with Gasteiger partial charge in [-0.15, -0.1) is 0 Å². The lowest BCUT2D eigenvalue weighted by atomic mass is 9.82. The third-order valence-corrected chi connectivity index (χ3v) is 2.98. The third kappa shape index (κ3) is 3.45. The van der Waals surface area contributed by atoms with Gasteiger partial charge in [0.2, 0.25) is 0 Å². The molecule has 3 heteroatoms. The van der Waals surface area contributed by atoms with Crippen LogP contribution in [0.2, 0.25) is 0 Å². The molecule has 1 aromatic carbocycles. The van der Waals surface area contributed by atoms with Gasteiger partial charge in [-0.3, -0.25) is 0 Å². The summed E-state index contributed by atoms with van der Waals surface area (Å²) < 4.78 is 4.66. The largest absolute Gasteiger partial charge is 0.465 e. The Labute approximate surface area is 114 Å². The van der Waals surface area contributed by atoms with E-state index in [1.54, 1.807) is 12.1 Å². The zero-order valence-corrected chi connectivity index (χ0v) is 12.1. The van der Waals surface area contributed by atoms with Crippen LogP contribution in [-0.2, 0) is 4.74 Å². The van der Waals surface area contributed by atoms with Crippen LogP contribution in [0, 0.1) is 16.7 Å². The van der Waals surface area contributed by atoms with E-state index in [4.69, 9.17) is 0 Å². The molecule has 0 unspecified atom stereocenters. The minimum absolute atomic E-state index is 0.195. The minimum atomic E-state index is -0.357. The molecule has 0 saturated carbocycles. The van der Waals surface area contributed by atoms with Crippen LogP contribution in [0.15, 0.2) is 29.8 Å². The molecule has 0 spiro atoms. The molecule has 0 aromatic heterocycles. The molecule has 0 aliphatic rings. The van der Waals surface area contributed by atoms with Crippen molar-refractivity contribution in [3.05, 3.63) is 41.0 Å². The quantitative estimate of drug-likeness (QED) is 0.598. The fraction of sp³-hybridized carbons (Fsp3) is 0.375. The summed E-state index contributed by atoms with van der Waals surface area (Å²) in [6.07, 6.45) is 0. The highest BCUT2D eigenvalue weighted by atomic mass is 16.5. The van der Waals surface area contributed by atoms with Gasteiger partial charge in [0.15, 0.2) is 0 Å². The van der Waals surface area contributed by atoms with E-state index in [1.807, 2.05) is 39.8 Å². The van der Waals surface area contributed by atoms with Gasteiger partial charge in [-0.05, 0) is 35.6 Å². The van der Waals surface area contributed by atoms with Gasteiger partial charge < -0.3 is 4.74 Å². The van der Waals surface area contributed by atoms with Crippen molar-refractivity contribution >= 4 is 11.5 Å². The topological polar surface area (TPSA) is 50.1 Å². The number of hydrogen-bond acceptors (Lipinski definition) is 3. The lowest BCUT2D eigenvalue weighted by Crippen LogP contribution is -2.09. The number of ether oxygens (including phenoxy) is 1. The number of benzene rings is 1. The molecule has 0 atom stereocenters. The summed E-state index contributed by atoms with van der Waals surface area (Å²) >= 11 is 0. The first-order chi connectivity index (χ1) is 8.81. The lowest BCUT2D eigenvalue weighted by molar-refractivity contribution is 0.0600.